The number of allylic oxidation sites excluding steroid dienone is 3. The number of carbonyl (C=O) groups is 3. The Morgan fingerprint density at radius 3 is 2.46 bits per heavy atom. The van der Waals surface area contributed by atoms with Crippen LogP contribution in [0, 0.1) is 39.4 Å². The summed E-state index contributed by atoms with van der Waals surface area (Å²) in [5, 5.41) is 0. The second kappa shape index (κ2) is 8.29. The number of carbonyl (C=O) groups excluding carboxylic acids is 3. The highest BCUT2D eigenvalue weighted by molar-refractivity contribution is 5.99. The summed E-state index contributed by atoms with van der Waals surface area (Å²) in [6, 6.07) is 0. The van der Waals surface area contributed by atoms with Crippen LogP contribution in [-0.2, 0) is 23.9 Å². The van der Waals surface area contributed by atoms with Gasteiger partial charge in [-0.1, -0.05) is 44.9 Å². The molecule has 4 fully saturated rings. The van der Waals surface area contributed by atoms with E-state index >= 15 is 0 Å². The number of fused-ring (bicyclic) bond motifs is 4. The molecular weight excluding hydrogens is 464 g/mol. The molecular formula is C32H46O5. The summed E-state index contributed by atoms with van der Waals surface area (Å²) in [6.07, 6.45) is 9.57. The molecule has 4 aliphatic carbocycles. The molecule has 0 unspecified atom stereocenters. The Labute approximate surface area is 222 Å². The normalized spacial score (nSPS) is 45.6. The molecule has 0 aromatic heterocycles. The molecule has 5 aliphatic rings. The van der Waals surface area contributed by atoms with Crippen LogP contribution in [-0.4, -0.2) is 29.4 Å². The van der Waals surface area contributed by atoms with Gasteiger partial charge in [0, 0.05) is 18.8 Å². The van der Waals surface area contributed by atoms with Crippen LogP contribution in [0.1, 0.15) is 106 Å². The quantitative estimate of drug-likeness (QED) is 0.302. The zero-order valence-corrected chi connectivity index (χ0v) is 24.0. The lowest BCUT2D eigenvalue weighted by atomic mass is 9.41. The topological polar surface area (TPSA) is 69.7 Å². The Hall–Kier alpha value is -1.91. The molecule has 0 amide bonds. The van der Waals surface area contributed by atoms with Crippen molar-refractivity contribution < 1.29 is 23.9 Å². The maximum absolute atomic E-state index is 13.9. The van der Waals surface area contributed by atoms with Crippen molar-refractivity contribution in [3.8, 4) is 0 Å². The summed E-state index contributed by atoms with van der Waals surface area (Å²) < 4.78 is 12.0. The molecule has 5 nitrogen and oxygen atoms in total. The standard InChI is InChI=1S/C32H46O5/c1-19(2)10-9-15-31(8)26-23(34)18-30(7)22-11-12-24-28(4,5)25(36-20(3)33)14-16-29(24,6)21(22)13-17-32(26,30)27(35)37-31/h13,22,24-26H,1,9-12,14-18H2,2-8H3/t22-,24+,25+,26-,29-,30+,31+,32-/m1/s1. The fraction of sp³-hybridized carbons (Fsp3) is 0.781. The van der Waals surface area contributed by atoms with Crippen molar-refractivity contribution >= 4 is 17.7 Å². The van der Waals surface area contributed by atoms with Crippen LogP contribution >= 0.6 is 0 Å². The zero-order valence-electron chi connectivity index (χ0n) is 24.0. The monoisotopic (exact) mass is 510 g/mol. The van der Waals surface area contributed by atoms with E-state index in [9.17, 15) is 14.4 Å². The molecule has 0 bridgehead atoms. The lowest BCUT2D eigenvalue weighted by molar-refractivity contribution is -0.172. The van der Waals surface area contributed by atoms with E-state index in [0.29, 0.717) is 25.2 Å². The van der Waals surface area contributed by atoms with E-state index in [4.69, 9.17) is 9.47 Å². The number of hydrogen-bond acceptors (Lipinski definition) is 5. The second-order valence-corrected chi connectivity index (χ2v) is 14.4. The van der Waals surface area contributed by atoms with E-state index < -0.39 is 16.4 Å². The first-order valence-corrected chi connectivity index (χ1v) is 14.4. The fourth-order valence-electron chi connectivity index (χ4n) is 10.3. The van der Waals surface area contributed by atoms with Crippen LogP contribution < -0.4 is 0 Å². The Morgan fingerprint density at radius 1 is 1.11 bits per heavy atom. The molecule has 37 heavy (non-hydrogen) atoms. The molecule has 0 N–H and O–H groups in total. The Balaban J connectivity index is 1.51. The first-order chi connectivity index (χ1) is 17.1. The molecule has 0 aromatic rings. The van der Waals surface area contributed by atoms with E-state index in [1.807, 2.05) is 13.8 Å². The van der Waals surface area contributed by atoms with Gasteiger partial charge in [0.25, 0.3) is 0 Å². The van der Waals surface area contributed by atoms with Crippen LogP contribution in [0.2, 0.25) is 0 Å². The number of rotatable bonds is 5. The summed E-state index contributed by atoms with van der Waals surface area (Å²) in [6.45, 7) is 18.7. The lowest BCUT2D eigenvalue weighted by Gasteiger charge is -2.63. The molecule has 1 aliphatic heterocycles. The van der Waals surface area contributed by atoms with E-state index in [-0.39, 0.29) is 46.5 Å². The summed E-state index contributed by atoms with van der Waals surface area (Å²) in [4.78, 5) is 39.6. The molecule has 0 aromatic carbocycles. The van der Waals surface area contributed by atoms with Crippen LogP contribution in [0.5, 0.6) is 0 Å². The molecule has 204 valence electrons. The number of cyclic esters (lactones) is 1. The van der Waals surface area contributed by atoms with E-state index in [1.54, 1.807) is 0 Å². The SMILES string of the molecule is C=C(C)CCC[C@]1(C)OC(=O)[C@]23CC=C4[C@@H](CC[C@H]5C(C)(C)[C@@H](OC(C)=O)CC[C@]45C)[C@]2(C)CC(=O)[C@@H]31. The maximum Gasteiger partial charge on any atom is 0.314 e. The molecule has 3 saturated carbocycles. The third-order valence-electron chi connectivity index (χ3n) is 11.9. The van der Waals surface area contributed by atoms with Gasteiger partial charge in [-0.15, -0.1) is 6.58 Å². The summed E-state index contributed by atoms with van der Waals surface area (Å²) in [7, 11) is 0. The van der Waals surface area contributed by atoms with Crippen LogP contribution in [0.25, 0.3) is 0 Å². The Morgan fingerprint density at radius 2 is 1.81 bits per heavy atom. The third kappa shape index (κ3) is 3.44. The minimum absolute atomic E-state index is 0.0257. The van der Waals surface area contributed by atoms with Gasteiger partial charge in [-0.3, -0.25) is 14.4 Å². The van der Waals surface area contributed by atoms with Crippen molar-refractivity contribution in [3.63, 3.8) is 0 Å². The van der Waals surface area contributed by atoms with Crippen molar-refractivity contribution in [1.29, 1.82) is 0 Å². The fourth-order valence-corrected chi connectivity index (χ4v) is 10.3. The van der Waals surface area contributed by atoms with Crippen molar-refractivity contribution in [2.24, 2.45) is 39.4 Å². The molecule has 0 radical (unpaired) electrons. The Kier molecular flexibility index (Phi) is 5.98. The predicted molar refractivity (Wildman–Crippen MR) is 142 cm³/mol. The molecule has 5 heteroatoms. The highest BCUT2D eigenvalue weighted by Crippen LogP contribution is 2.75. The van der Waals surface area contributed by atoms with Crippen molar-refractivity contribution in [2.45, 2.75) is 118 Å². The van der Waals surface area contributed by atoms with Gasteiger partial charge >= 0.3 is 11.9 Å². The van der Waals surface area contributed by atoms with Gasteiger partial charge in [-0.25, -0.2) is 0 Å². The first kappa shape index (κ1) is 26.7. The molecule has 8 atom stereocenters. The second-order valence-electron chi connectivity index (χ2n) is 14.4. The van der Waals surface area contributed by atoms with E-state index in [1.165, 1.54) is 12.5 Å². The van der Waals surface area contributed by atoms with E-state index in [2.05, 4.69) is 40.3 Å². The van der Waals surface area contributed by atoms with Gasteiger partial charge in [0.05, 0.1) is 11.3 Å². The van der Waals surface area contributed by atoms with Crippen LogP contribution in [0.15, 0.2) is 23.8 Å². The van der Waals surface area contributed by atoms with Gasteiger partial charge < -0.3 is 9.47 Å². The number of Topliss-reactive ketones (excluding diaryl/α,β-unsaturated/α-hetero) is 1. The van der Waals surface area contributed by atoms with Gasteiger partial charge in [0.2, 0.25) is 0 Å². The smallest absolute Gasteiger partial charge is 0.314 e. The van der Waals surface area contributed by atoms with Crippen molar-refractivity contribution in [2.75, 3.05) is 0 Å². The highest BCUT2D eigenvalue weighted by atomic mass is 16.6. The summed E-state index contributed by atoms with van der Waals surface area (Å²) >= 11 is 0. The first-order valence-electron chi connectivity index (χ1n) is 14.4. The molecule has 1 saturated heterocycles. The predicted octanol–water partition coefficient (Wildman–Crippen LogP) is 6.74. The highest BCUT2D eigenvalue weighted by Gasteiger charge is 2.78. The number of hydrogen-bond donors (Lipinski definition) is 0. The number of esters is 2. The maximum atomic E-state index is 13.9. The molecule has 5 rings (SSSR count). The average molecular weight is 511 g/mol. The van der Waals surface area contributed by atoms with Crippen molar-refractivity contribution in [1.82, 2.24) is 0 Å². The summed E-state index contributed by atoms with van der Waals surface area (Å²) in [5.74, 6) is 0.0689. The Bertz CT molecular complexity index is 1080. The number of ketones is 1. The van der Waals surface area contributed by atoms with Gasteiger partial charge in [0.15, 0.2) is 0 Å². The lowest BCUT2D eigenvalue weighted by Crippen LogP contribution is -2.59. The largest absolute Gasteiger partial charge is 0.462 e. The molecule has 1 spiro atoms. The van der Waals surface area contributed by atoms with Crippen LogP contribution in [0.4, 0.5) is 0 Å². The zero-order chi connectivity index (χ0) is 27.2. The van der Waals surface area contributed by atoms with Gasteiger partial charge in [-0.05, 0) is 87.9 Å². The minimum atomic E-state index is -0.760. The third-order valence-corrected chi connectivity index (χ3v) is 11.9. The van der Waals surface area contributed by atoms with Gasteiger partial charge in [0.1, 0.15) is 17.5 Å². The minimum Gasteiger partial charge on any atom is -0.462 e. The van der Waals surface area contributed by atoms with Crippen molar-refractivity contribution in [3.05, 3.63) is 23.8 Å². The van der Waals surface area contributed by atoms with E-state index in [0.717, 1.165) is 44.1 Å². The van der Waals surface area contributed by atoms with Gasteiger partial charge in [-0.2, -0.15) is 0 Å². The average Bonchev–Trinajstić information content (AvgIpc) is 3.16. The summed E-state index contributed by atoms with van der Waals surface area (Å²) in [5.41, 5.74) is 0.481. The van der Waals surface area contributed by atoms with Crippen LogP contribution in [0.3, 0.4) is 0 Å². The number of ether oxygens (including phenoxy) is 2. The molecule has 1 heterocycles.